The van der Waals surface area contributed by atoms with E-state index >= 15 is 0 Å². The van der Waals surface area contributed by atoms with Crippen LogP contribution in [0, 0.1) is 0 Å². The van der Waals surface area contributed by atoms with E-state index in [-0.39, 0.29) is 29.6 Å². The molecule has 0 fully saturated rings. The third-order valence-corrected chi connectivity index (χ3v) is 6.48. The number of hydrogen-bond donors (Lipinski definition) is 3. The molecule has 3 rings (SSSR count). The first kappa shape index (κ1) is 21.3. The summed E-state index contributed by atoms with van der Waals surface area (Å²) < 4.78 is 32.2. The Kier molecular flexibility index (Phi) is 6.89. The minimum Gasteiger partial charge on any atom is -0.383 e. The summed E-state index contributed by atoms with van der Waals surface area (Å²) in [5.74, 6) is 0. The van der Waals surface area contributed by atoms with Crippen molar-refractivity contribution in [3.05, 3.63) is 59.7 Å². The zero-order chi connectivity index (χ0) is 20.9. The highest BCUT2D eigenvalue weighted by molar-refractivity contribution is 7.89. The highest BCUT2D eigenvalue weighted by Gasteiger charge is 2.21. The van der Waals surface area contributed by atoms with Crippen LogP contribution in [0.25, 0.3) is 0 Å². The van der Waals surface area contributed by atoms with Gasteiger partial charge in [-0.15, -0.1) is 0 Å². The molecule has 0 aliphatic heterocycles. The fourth-order valence-corrected chi connectivity index (χ4v) is 4.79. The first-order chi connectivity index (χ1) is 13.9. The van der Waals surface area contributed by atoms with Crippen LogP contribution >= 0.6 is 0 Å². The number of nitrogens with one attached hydrogen (secondary N) is 3. The number of fused-ring (bicyclic) bond motifs is 1. The molecule has 29 heavy (non-hydrogen) atoms. The molecule has 0 heterocycles. The van der Waals surface area contributed by atoms with Gasteiger partial charge in [-0.3, -0.25) is 0 Å². The smallest absolute Gasteiger partial charge is 0.319 e. The van der Waals surface area contributed by atoms with Gasteiger partial charge in [-0.05, 0) is 61.6 Å². The Hall–Kier alpha value is -2.42. The van der Waals surface area contributed by atoms with Crippen LogP contribution in [0.2, 0.25) is 0 Å². The standard InChI is InChI=1S/C21H27N3O4S/c1-15(14-28-2)24-29(26,27)18-12-10-17(11-13-18)22-21(25)23-20-9-5-7-16-6-3-4-8-19(16)20/h3-4,6,8,10-13,15,20,24H,5,7,9,14H2,1-2H3,(H2,22,23,25)/t15-,20+/m0/s1. The second-order valence-corrected chi connectivity index (χ2v) is 8.96. The summed E-state index contributed by atoms with van der Waals surface area (Å²) >= 11 is 0. The zero-order valence-corrected chi connectivity index (χ0v) is 17.5. The van der Waals surface area contributed by atoms with Gasteiger partial charge < -0.3 is 15.4 Å². The fourth-order valence-electron chi connectivity index (χ4n) is 3.56. The maximum Gasteiger partial charge on any atom is 0.319 e. The molecular formula is C21H27N3O4S. The number of sulfonamides is 1. The largest absolute Gasteiger partial charge is 0.383 e. The Morgan fingerprint density at radius 1 is 1.17 bits per heavy atom. The van der Waals surface area contributed by atoms with E-state index < -0.39 is 10.0 Å². The molecule has 1 aliphatic carbocycles. The van der Waals surface area contributed by atoms with Crippen LogP contribution in [0.4, 0.5) is 10.5 Å². The molecular weight excluding hydrogens is 390 g/mol. The Labute approximate surface area is 171 Å². The maximum absolute atomic E-state index is 12.4. The number of aryl methyl sites for hydroxylation is 1. The number of carbonyl (C=O) groups excluding carboxylic acids is 1. The zero-order valence-electron chi connectivity index (χ0n) is 16.6. The molecule has 0 saturated heterocycles. The molecule has 0 radical (unpaired) electrons. The van der Waals surface area contributed by atoms with Crippen molar-refractivity contribution in [1.29, 1.82) is 0 Å². The van der Waals surface area contributed by atoms with E-state index in [2.05, 4.69) is 27.5 Å². The van der Waals surface area contributed by atoms with Crippen LogP contribution in [-0.2, 0) is 21.2 Å². The van der Waals surface area contributed by atoms with Gasteiger partial charge in [0, 0.05) is 18.8 Å². The van der Waals surface area contributed by atoms with Crippen LogP contribution in [0.5, 0.6) is 0 Å². The summed E-state index contributed by atoms with van der Waals surface area (Å²) in [7, 11) is -2.13. The first-order valence-electron chi connectivity index (χ1n) is 9.65. The lowest BCUT2D eigenvalue weighted by molar-refractivity contribution is 0.180. The number of amides is 2. The molecule has 0 aromatic heterocycles. The van der Waals surface area contributed by atoms with Gasteiger partial charge in [-0.1, -0.05) is 24.3 Å². The average Bonchev–Trinajstić information content (AvgIpc) is 2.68. The lowest BCUT2D eigenvalue weighted by atomic mass is 9.88. The van der Waals surface area contributed by atoms with Gasteiger partial charge >= 0.3 is 6.03 Å². The van der Waals surface area contributed by atoms with E-state index in [1.165, 1.54) is 24.8 Å². The Balaban J connectivity index is 1.61. The Bertz CT molecular complexity index is 945. The van der Waals surface area contributed by atoms with E-state index in [0.717, 1.165) is 24.8 Å². The molecule has 0 saturated carbocycles. The van der Waals surface area contributed by atoms with Crippen molar-refractivity contribution in [1.82, 2.24) is 10.0 Å². The molecule has 3 N–H and O–H groups in total. The molecule has 0 spiro atoms. The summed E-state index contributed by atoms with van der Waals surface area (Å²) in [5, 5.41) is 5.79. The number of urea groups is 1. The molecule has 2 atom stereocenters. The van der Waals surface area contributed by atoms with E-state index in [4.69, 9.17) is 4.74 Å². The number of carbonyl (C=O) groups is 1. The molecule has 0 bridgehead atoms. The summed E-state index contributed by atoms with van der Waals surface area (Å²) in [5.41, 5.74) is 2.95. The summed E-state index contributed by atoms with van der Waals surface area (Å²) in [6.07, 6.45) is 2.96. The van der Waals surface area contributed by atoms with Gasteiger partial charge in [0.2, 0.25) is 10.0 Å². The van der Waals surface area contributed by atoms with Crippen LogP contribution in [-0.4, -0.2) is 34.2 Å². The lowest BCUT2D eigenvalue weighted by Crippen LogP contribution is -2.35. The van der Waals surface area contributed by atoms with E-state index in [1.807, 2.05) is 12.1 Å². The number of rotatable bonds is 7. The van der Waals surface area contributed by atoms with Crippen molar-refractivity contribution in [3.63, 3.8) is 0 Å². The van der Waals surface area contributed by atoms with Crippen molar-refractivity contribution < 1.29 is 17.9 Å². The minimum absolute atomic E-state index is 0.0222. The quantitative estimate of drug-likeness (QED) is 0.645. The van der Waals surface area contributed by atoms with Gasteiger partial charge in [-0.2, -0.15) is 0 Å². The topological polar surface area (TPSA) is 96.5 Å². The van der Waals surface area contributed by atoms with Crippen molar-refractivity contribution in [2.24, 2.45) is 0 Å². The molecule has 2 aromatic carbocycles. The fraction of sp³-hybridized carbons (Fsp3) is 0.381. The highest BCUT2D eigenvalue weighted by atomic mass is 32.2. The maximum atomic E-state index is 12.4. The van der Waals surface area contributed by atoms with E-state index in [9.17, 15) is 13.2 Å². The van der Waals surface area contributed by atoms with Crippen molar-refractivity contribution in [2.75, 3.05) is 19.0 Å². The number of ether oxygens (including phenoxy) is 1. The van der Waals surface area contributed by atoms with Crippen LogP contribution in [0.1, 0.15) is 36.9 Å². The summed E-state index contributed by atoms with van der Waals surface area (Å²) in [4.78, 5) is 12.6. The number of hydrogen-bond acceptors (Lipinski definition) is 4. The molecule has 1 aliphatic rings. The van der Waals surface area contributed by atoms with E-state index in [1.54, 1.807) is 19.1 Å². The average molecular weight is 418 g/mol. The van der Waals surface area contributed by atoms with Crippen LogP contribution in [0.15, 0.2) is 53.4 Å². The van der Waals surface area contributed by atoms with Crippen LogP contribution < -0.4 is 15.4 Å². The molecule has 2 aromatic rings. The lowest BCUT2D eigenvalue weighted by Gasteiger charge is -2.26. The van der Waals surface area contributed by atoms with Crippen molar-refractivity contribution in [2.45, 2.75) is 43.2 Å². The van der Waals surface area contributed by atoms with Gasteiger partial charge in [0.1, 0.15) is 0 Å². The Morgan fingerprint density at radius 3 is 2.62 bits per heavy atom. The van der Waals surface area contributed by atoms with Gasteiger partial charge in [0.25, 0.3) is 0 Å². The van der Waals surface area contributed by atoms with E-state index in [0.29, 0.717) is 5.69 Å². The molecule has 7 nitrogen and oxygen atoms in total. The second-order valence-electron chi connectivity index (χ2n) is 7.24. The van der Waals surface area contributed by atoms with Crippen LogP contribution in [0.3, 0.4) is 0 Å². The molecule has 8 heteroatoms. The number of methoxy groups -OCH3 is 1. The molecule has 156 valence electrons. The predicted octanol–water partition coefficient (Wildman–Crippen LogP) is 3.20. The summed E-state index contributed by atoms with van der Waals surface area (Å²) in [6, 6.07) is 13.6. The predicted molar refractivity (Wildman–Crippen MR) is 112 cm³/mol. The monoisotopic (exact) mass is 417 g/mol. The molecule has 2 amide bonds. The van der Waals surface area contributed by atoms with Gasteiger partial charge in [-0.25, -0.2) is 17.9 Å². The van der Waals surface area contributed by atoms with Gasteiger partial charge in [0.05, 0.1) is 17.5 Å². The number of benzene rings is 2. The summed E-state index contributed by atoms with van der Waals surface area (Å²) in [6.45, 7) is 2.01. The normalized spacial score (nSPS) is 17.2. The number of anilines is 1. The van der Waals surface area contributed by atoms with Gasteiger partial charge in [0.15, 0.2) is 0 Å². The third kappa shape index (κ3) is 5.56. The molecule has 0 unspecified atom stereocenters. The van der Waals surface area contributed by atoms with Crippen molar-refractivity contribution in [3.8, 4) is 0 Å². The minimum atomic E-state index is -3.64. The third-order valence-electron chi connectivity index (χ3n) is 4.87. The van der Waals surface area contributed by atoms with Crippen molar-refractivity contribution >= 4 is 21.7 Å². The Morgan fingerprint density at radius 2 is 1.90 bits per heavy atom. The highest BCUT2D eigenvalue weighted by Crippen LogP contribution is 2.29. The second kappa shape index (κ2) is 9.39. The SMILES string of the molecule is COC[C@H](C)NS(=O)(=O)c1ccc(NC(=O)N[C@@H]2CCCc3ccccc32)cc1. The first-order valence-corrected chi connectivity index (χ1v) is 11.1.